The van der Waals surface area contributed by atoms with Gasteiger partial charge in [0.15, 0.2) is 5.76 Å². The van der Waals surface area contributed by atoms with Crippen LogP contribution < -0.4 is 10.9 Å². The molecule has 2 heterocycles. The monoisotopic (exact) mass is 477 g/mol. The molecule has 33 heavy (non-hydrogen) atoms. The van der Waals surface area contributed by atoms with Crippen molar-refractivity contribution < 1.29 is 27.2 Å². The van der Waals surface area contributed by atoms with E-state index in [-0.39, 0.29) is 16.9 Å². The van der Waals surface area contributed by atoms with Crippen molar-refractivity contribution in [2.24, 2.45) is 0 Å². The summed E-state index contributed by atoms with van der Waals surface area (Å²) in [4.78, 5) is 28.3. The van der Waals surface area contributed by atoms with Crippen molar-refractivity contribution in [3.63, 3.8) is 0 Å². The summed E-state index contributed by atoms with van der Waals surface area (Å²) in [6.45, 7) is 6.20. The van der Waals surface area contributed by atoms with Crippen molar-refractivity contribution in [1.82, 2.24) is 15.8 Å². The van der Waals surface area contributed by atoms with Gasteiger partial charge in [-0.25, -0.2) is 4.98 Å². The average molecular weight is 478 g/mol. The molecule has 2 N–H and O–H groups in total. The molecule has 0 spiro atoms. The zero-order valence-corrected chi connectivity index (χ0v) is 18.9. The van der Waals surface area contributed by atoms with Gasteiger partial charge in [0.25, 0.3) is 5.91 Å². The van der Waals surface area contributed by atoms with Crippen molar-refractivity contribution in [1.29, 1.82) is 0 Å². The van der Waals surface area contributed by atoms with Crippen molar-refractivity contribution in [2.45, 2.75) is 43.1 Å². The number of alkyl halides is 3. The maximum atomic E-state index is 12.6. The van der Waals surface area contributed by atoms with Crippen molar-refractivity contribution in [3.05, 3.63) is 82.9 Å². The van der Waals surface area contributed by atoms with Gasteiger partial charge in [-0.1, -0.05) is 44.7 Å². The van der Waals surface area contributed by atoms with Crippen molar-refractivity contribution in [3.8, 4) is 0 Å². The minimum Gasteiger partial charge on any atom is -0.455 e. The first-order valence-electron chi connectivity index (χ1n) is 9.89. The number of rotatable bonds is 5. The number of furan rings is 1. The minimum atomic E-state index is -4.44. The lowest BCUT2D eigenvalue weighted by atomic mass is 9.87. The Morgan fingerprint density at radius 2 is 1.55 bits per heavy atom. The van der Waals surface area contributed by atoms with Crippen molar-refractivity contribution >= 4 is 23.6 Å². The molecule has 0 aliphatic carbocycles. The van der Waals surface area contributed by atoms with Gasteiger partial charge in [0, 0.05) is 11.8 Å². The molecule has 0 fully saturated rings. The van der Waals surface area contributed by atoms with Gasteiger partial charge in [-0.2, -0.15) is 13.2 Å². The second kappa shape index (κ2) is 9.70. The first-order valence-corrected chi connectivity index (χ1v) is 10.9. The van der Waals surface area contributed by atoms with E-state index in [4.69, 9.17) is 4.42 Å². The molecule has 0 aliphatic heterocycles. The zero-order valence-electron chi connectivity index (χ0n) is 18.1. The van der Waals surface area contributed by atoms with Crippen LogP contribution in [0.3, 0.4) is 0 Å². The van der Waals surface area contributed by atoms with Crippen LogP contribution in [0.15, 0.2) is 64.2 Å². The Kier molecular flexibility index (Phi) is 7.16. The summed E-state index contributed by atoms with van der Waals surface area (Å²) in [6, 6.07) is 12.3. The number of hydrogen-bond donors (Lipinski definition) is 2. The number of nitrogens with zero attached hydrogens (tertiary/aromatic N) is 1. The largest absolute Gasteiger partial charge is 0.455 e. The summed E-state index contributed by atoms with van der Waals surface area (Å²) in [5.74, 6) is -0.443. The fourth-order valence-corrected chi connectivity index (χ4v) is 3.46. The van der Waals surface area contributed by atoms with Gasteiger partial charge >= 0.3 is 12.1 Å². The molecule has 1 aromatic carbocycles. The van der Waals surface area contributed by atoms with Gasteiger partial charge < -0.3 is 4.42 Å². The fourth-order valence-electron chi connectivity index (χ4n) is 2.72. The van der Waals surface area contributed by atoms with E-state index in [9.17, 15) is 22.8 Å². The SMILES string of the molecule is CC(C)(C)c1ccc(C(=O)NNC(=O)c2ccc(CSc3ccc(C(F)(F)F)cn3)o2)cc1. The van der Waals surface area contributed by atoms with Crippen LogP contribution >= 0.6 is 11.8 Å². The minimum absolute atomic E-state index is 0.0191. The number of amides is 2. The van der Waals surface area contributed by atoms with Gasteiger partial charge in [-0.15, -0.1) is 0 Å². The van der Waals surface area contributed by atoms with E-state index in [0.29, 0.717) is 16.3 Å². The molecule has 0 atom stereocenters. The summed E-state index contributed by atoms with van der Waals surface area (Å²) < 4.78 is 43.2. The number of aromatic nitrogens is 1. The molecule has 2 aromatic heterocycles. The Balaban J connectivity index is 1.51. The Hall–Kier alpha value is -3.27. The van der Waals surface area contributed by atoms with Gasteiger partial charge in [-0.3, -0.25) is 20.4 Å². The Morgan fingerprint density at radius 3 is 2.12 bits per heavy atom. The molecule has 10 heteroatoms. The quantitative estimate of drug-likeness (QED) is 0.382. The maximum absolute atomic E-state index is 12.6. The number of pyridine rings is 1. The van der Waals surface area contributed by atoms with Crippen LogP contribution in [0.1, 0.15) is 58.6 Å². The summed E-state index contributed by atoms with van der Waals surface area (Å²) >= 11 is 1.16. The van der Waals surface area contributed by atoms with Crippen LogP contribution in [0.4, 0.5) is 13.2 Å². The molecule has 0 saturated carbocycles. The molecule has 3 aromatic rings. The predicted molar refractivity (Wildman–Crippen MR) is 118 cm³/mol. The molecule has 174 valence electrons. The second-order valence-corrected chi connectivity index (χ2v) is 9.17. The molecule has 2 amide bonds. The molecule has 0 saturated heterocycles. The highest BCUT2D eigenvalue weighted by Gasteiger charge is 2.30. The third-order valence-corrected chi connectivity index (χ3v) is 5.58. The van der Waals surface area contributed by atoms with E-state index in [1.807, 2.05) is 12.1 Å². The summed E-state index contributed by atoms with van der Waals surface area (Å²) in [5, 5.41) is 0.384. The van der Waals surface area contributed by atoms with Crippen LogP contribution in [0.25, 0.3) is 0 Å². The number of hydrazine groups is 1. The van der Waals surface area contributed by atoms with E-state index in [2.05, 4.69) is 36.6 Å². The number of carbonyl (C=O) groups excluding carboxylic acids is 2. The first kappa shape index (κ1) is 24.4. The summed E-state index contributed by atoms with van der Waals surface area (Å²) in [5.41, 5.74) is 5.23. The second-order valence-electron chi connectivity index (χ2n) is 8.17. The highest BCUT2D eigenvalue weighted by Crippen LogP contribution is 2.30. The van der Waals surface area contributed by atoms with Crippen LogP contribution in [0.5, 0.6) is 0 Å². The van der Waals surface area contributed by atoms with E-state index >= 15 is 0 Å². The first-order chi connectivity index (χ1) is 15.4. The van der Waals surface area contributed by atoms with Crippen LogP contribution in [0, 0.1) is 0 Å². The predicted octanol–water partition coefficient (Wildman–Crippen LogP) is 5.36. The number of thioether (sulfide) groups is 1. The van der Waals surface area contributed by atoms with Crippen molar-refractivity contribution in [2.75, 3.05) is 0 Å². The maximum Gasteiger partial charge on any atom is 0.417 e. The van der Waals surface area contributed by atoms with Crippen LogP contribution in [-0.4, -0.2) is 16.8 Å². The molecule has 0 aliphatic rings. The molecule has 0 bridgehead atoms. The lowest BCUT2D eigenvalue weighted by Gasteiger charge is -2.19. The molecular formula is C23H22F3N3O3S. The molecule has 3 rings (SSSR count). The smallest absolute Gasteiger partial charge is 0.417 e. The fraction of sp³-hybridized carbons (Fsp3) is 0.261. The number of nitrogens with one attached hydrogen (secondary N) is 2. The van der Waals surface area contributed by atoms with Crippen LogP contribution in [-0.2, 0) is 17.3 Å². The van der Waals surface area contributed by atoms with E-state index in [1.165, 1.54) is 12.1 Å². The lowest BCUT2D eigenvalue weighted by Crippen LogP contribution is -2.41. The van der Waals surface area contributed by atoms with Crippen LogP contribution in [0.2, 0.25) is 0 Å². The van der Waals surface area contributed by atoms with Gasteiger partial charge in [0.05, 0.1) is 16.3 Å². The molecule has 0 unspecified atom stereocenters. The normalized spacial score (nSPS) is 11.8. The topological polar surface area (TPSA) is 84.2 Å². The number of carbonyl (C=O) groups is 2. The molecular weight excluding hydrogens is 455 g/mol. The van der Waals surface area contributed by atoms with E-state index < -0.39 is 23.6 Å². The number of halogens is 3. The number of hydrogen-bond acceptors (Lipinski definition) is 5. The number of benzene rings is 1. The molecule has 0 radical (unpaired) electrons. The Labute approximate surface area is 192 Å². The Morgan fingerprint density at radius 1 is 0.909 bits per heavy atom. The summed E-state index contributed by atoms with van der Waals surface area (Å²) in [7, 11) is 0. The highest BCUT2D eigenvalue weighted by atomic mass is 32.2. The zero-order chi connectivity index (χ0) is 24.2. The van der Waals surface area contributed by atoms with Gasteiger partial charge in [-0.05, 0) is 47.4 Å². The van der Waals surface area contributed by atoms with E-state index in [0.717, 1.165) is 29.6 Å². The van der Waals surface area contributed by atoms with E-state index in [1.54, 1.807) is 18.2 Å². The Bertz CT molecular complexity index is 1120. The summed E-state index contributed by atoms with van der Waals surface area (Å²) in [6.07, 6.45) is -3.67. The standard InChI is InChI=1S/C23H22F3N3O3S/c1-22(2,3)15-6-4-14(5-7-15)20(30)28-29-21(31)18-10-9-17(32-18)13-33-19-11-8-16(12-27-19)23(24,25)26/h4-12H,13H2,1-3H3,(H,28,30)(H,29,31). The third kappa shape index (κ3) is 6.61. The highest BCUT2D eigenvalue weighted by molar-refractivity contribution is 7.98. The lowest BCUT2D eigenvalue weighted by molar-refractivity contribution is -0.137. The average Bonchev–Trinajstić information content (AvgIpc) is 3.24. The molecule has 6 nitrogen and oxygen atoms in total. The van der Waals surface area contributed by atoms with Gasteiger partial charge in [0.2, 0.25) is 0 Å². The van der Waals surface area contributed by atoms with Gasteiger partial charge in [0.1, 0.15) is 5.76 Å². The third-order valence-electron chi connectivity index (χ3n) is 4.61.